The molecule has 1 saturated heterocycles. The average molecular weight is 455 g/mol. The van der Waals surface area contributed by atoms with Gasteiger partial charge in [0.05, 0.1) is 35.4 Å². The number of aromatic nitrogens is 1. The van der Waals surface area contributed by atoms with E-state index in [9.17, 15) is 14.0 Å². The Morgan fingerprint density at radius 2 is 2.13 bits per heavy atom. The first-order valence-corrected chi connectivity index (χ1v) is 9.73. The van der Waals surface area contributed by atoms with Crippen molar-refractivity contribution >= 4 is 35.6 Å². The van der Waals surface area contributed by atoms with E-state index in [1.54, 1.807) is 35.0 Å². The number of ether oxygens (including phenoxy) is 1. The zero-order valence-electron chi connectivity index (χ0n) is 15.9. The molecule has 2 aliphatic heterocycles. The Kier molecular flexibility index (Phi) is 7.25. The fourth-order valence-corrected chi connectivity index (χ4v) is 3.86. The van der Waals surface area contributed by atoms with Crippen LogP contribution in [0.5, 0.6) is 0 Å². The van der Waals surface area contributed by atoms with Gasteiger partial charge in [-0.15, -0.1) is 12.4 Å². The molecule has 2 aliphatic rings. The van der Waals surface area contributed by atoms with E-state index in [0.29, 0.717) is 37.5 Å². The summed E-state index contributed by atoms with van der Waals surface area (Å²) in [5, 5.41) is 7.30. The highest BCUT2D eigenvalue weighted by atomic mass is 35.5. The minimum absolute atomic E-state index is 0. The maximum atomic E-state index is 13.6. The fraction of sp³-hybridized carbons (Fsp3) is 0.350. The molecular weight excluding hydrogens is 434 g/mol. The summed E-state index contributed by atoms with van der Waals surface area (Å²) >= 11 is 5.96. The topological polar surface area (TPSA) is 84.7 Å². The predicted molar refractivity (Wildman–Crippen MR) is 114 cm³/mol. The third-order valence-corrected chi connectivity index (χ3v) is 5.38. The second-order valence-corrected chi connectivity index (χ2v) is 7.49. The van der Waals surface area contributed by atoms with Crippen LogP contribution in [0.3, 0.4) is 0 Å². The normalized spacial score (nSPS) is 21.4. The van der Waals surface area contributed by atoms with Gasteiger partial charge in [0, 0.05) is 31.7 Å². The third kappa shape index (κ3) is 4.73. The van der Waals surface area contributed by atoms with E-state index < -0.39 is 5.82 Å². The molecule has 1 aromatic heterocycles. The number of nitrogens with one attached hydrogen (secondary N) is 2. The number of benzene rings is 1. The summed E-state index contributed by atoms with van der Waals surface area (Å²) in [5.74, 6) is -0.801. The van der Waals surface area contributed by atoms with E-state index in [4.69, 9.17) is 16.3 Å². The minimum atomic E-state index is -0.483. The molecule has 0 radical (unpaired) electrons. The van der Waals surface area contributed by atoms with E-state index in [-0.39, 0.29) is 47.3 Å². The highest BCUT2D eigenvalue weighted by Crippen LogP contribution is 2.31. The van der Waals surface area contributed by atoms with Crippen LogP contribution in [0.1, 0.15) is 23.7 Å². The summed E-state index contributed by atoms with van der Waals surface area (Å²) in [6, 6.07) is 7.98. The van der Waals surface area contributed by atoms with Crippen molar-refractivity contribution in [2.24, 2.45) is 11.0 Å². The van der Waals surface area contributed by atoms with Gasteiger partial charge in [0.25, 0.3) is 5.56 Å². The van der Waals surface area contributed by atoms with Crippen LogP contribution in [0, 0.1) is 11.7 Å². The molecule has 4 rings (SSSR count). The molecular formula is C20H21Cl2FN4O3. The standard InChI is InChI=1S/C20H20ClFN4O3.ClH/c21-15-8-12(3-4-16(15)22)19-13(10-23-5-7-29-19)11-26-6-1-2-14(20(26)28)17-9-18(27)25-24-17;/h1-4,6,8,13,19,23H,5,7,9-11H2,(H,25,27);1H/t13-,19-;/m0./s1. The van der Waals surface area contributed by atoms with Gasteiger partial charge in [0.15, 0.2) is 0 Å². The van der Waals surface area contributed by atoms with Gasteiger partial charge in [-0.2, -0.15) is 5.10 Å². The molecule has 1 fully saturated rings. The van der Waals surface area contributed by atoms with Crippen LogP contribution < -0.4 is 16.3 Å². The molecule has 2 N–H and O–H groups in total. The van der Waals surface area contributed by atoms with Gasteiger partial charge in [0.1, 0.15) is 5.82 Å². The average Bonchev–Trinajstić information content (AvgIpc) is 3.00. The predicted octanol–water partition coefficient (Wildman–Crippen LogP) is 2.26. The molecule has 0 aliphatic carbocycles. The van der Waals surface area contributed by atoms with Crippen molar-refractivity contribution in [3.05, 3.63) is 68.8 Å². The number of carbonyl (C=O) groups is 1. The summed E-state index contributed by atoms with van der Waals surface area (Å²) in [4.78, 5) is 24.4. The summed E-state index contributed by atoms with van der Waals surface area (Å²) in [7, 11) is 0. The Morgan fingerprint density at radius 3 is 2.87 bits per heavy atom. The zero-order valence-corrected chi connectivity index (χ0v) is 17.5. The number of amides is 1. The number of nitrogens with zero attached hydrogens (tertiary/aromatic N) is 2. The van der Waals surface area contributed by atoms with Gasteiger partial charge >= 0.3 is 0 Å². The van der Waals surface area contributed by atoms with E-state index in [2.05, 4.69) is 15.8 Å². The largest absolute Gasteiger partial charge is 0.372 e. The summed E-state index contributed by atoms with van der Waals surface area (Å²) in [5.41, 5.74) is 3.75. The molecule has 160 valence electrons. The molecule has 1 aromatic carbocycles. The SMILES string of the molecule is Cl.O=C1CC(c2cccn(C[C@@H]3CNCCO[C@H]3c3ccc(F)c(Cl)c3)c2=O)=NN1. The van der Waals surface area contributed by atoms with E-state index in [0.717, 1.165) is 5.56 Å². The van der Waals surface area contributed by atoms with Crippen LogP contribution in [-0.4, -0.2) is 35.9 Å². The van der Waals surface area contributed by atoms with Crippen LogP contribution in [0.4, 0.5) is 4.39 Å². The zero-order chi connectivity index (χ0) is 20.4. The Balaban J connectivity index is 0.00000256. The lowest BCUT2D eigenvalue weighted by molar-refractivity contribution is -0.119. The molecule has 2 atom stereocenters. The second kappa shape index (κ2) is 9.70. The Hall–Kier alpha value is -2.26. The van der Waals surface area contributed by atoms with Gasteiger partial charge in [-0.1, -0.05) is 17.7 Å². The number of hydrogen-bond acceptors (Lipinski definition) is 5. The van der Waals surface area contributed by atoms with E-state index >= 15 is 0 Å². The highest BCUT2D eigenvalue weighted by Gasteiger charge is 2.28. The van der Waals surface area contributed by atoms with Gasteiger partial charge in [-0.05, 0) is 29.8 Å². The molecule has 2 aromatic rings. The summed E-state index contributed by atoms with van der Waals surface area (Å²) < 4.78 is 21.2. The van der Waals surface area contributed by atoms with Crippen molar-refractivity contribution in [2.75, 3.05) is 19.7 Å². The maximum Gasteiger partial charge on any atom is 0.259 e. The molecule has 0 saturated carbocycles. The van der Waals surface area contributed by atoms with Crippen molar-refractivity contribution in [3.8, 4) is 0 Å². The Bertz CT molecular complexity index is 1030. The lowest BCUT2D eigenvalue weighted by Gasteiger charge is -2.26. The second-order valence-electron chi connectivity index (χ2n) is 7.08. The third-order valence-electron chi connectivity index (χ3n) is 5.09. The van der Waals surface area contributed by atoms with Crippen LogP contribution in [0.15, 0.2) is 46.4 Å². The number of carbonyl (C=O) groups excluding carboxylic acids is 1. The first-order chi connectivity index (χ1) is 14.0. The van der Waals surface area contributed by atoms with Crippen molar-refractivity contribution in [1.82, 2.24) is 15.3 Å². The number of hydrogen-bond donors (Lipinski definition) is 2. The molecule has 30 heavy (non-hydrogen) atoms. The lowest BCUT2D eigenvalue weighted by Crippen LogP contribution is -2.33. The van der Waals surface area contributed by atoms with E-state index in [1.165, 1.54) is 6.07 Å². The monoisotopic (exact) mass is 454 g/mol. The van der Waals surface area contributed by atoms with Gasteiger partial charge < -0.3 is 14.6 Å². The van der Waals surface area contributed by atoms with Crippen LogP contribution in [0.25, 0.3) is 0 Å². The molecule has 7 nitrogen and oxygen atoms in total. The van der Waals surface area contributed by atoms with Crippen molar-refractivity contribution in [1.29, 1.82) is 0 Å². The van der Waals surface area contributed by atoms with Crippen LogP contribution >= 0.6 is 24.0 Å². The first kappa shape index (κ1) is 22.4. The number of rotatable bonds is 4. The van der Waals surface area contributed by atoms with Gasteiger partial charge in [-0.25, -0.2) is 9.82 Å². The minimum Gasteiger partial charge on any atom is -0.372 e. The molecule has 0 unspecified atom stereocenters. The Morgan fingerprint density at radius 1 is 1.30 bits per heavy atom. The van der Waals surface area contributed by atoms with Gasteiger partial charge in [0.2, 0.25) is 5.91 Å². The van der Waals surface area contributed by atoms with Crippen LogP contribution in [0.2, 0.25) is 5.02 Å². The quantitative estimate of drug-likeness (QED) is 0.741. The molecule has 0 bridgehead atoms. The molecule has 3 heterocycles. The maximum absolute atomic E-state index is 13.6. The Labute approximate surface area is 183 Å². The highest BCUT2D eigenvalue weighted by molar-refractivity contribution is 6.30. The number of hydrazone groups is 1. The van der Waals surface area contributed by atoms with Crippen molar-refractivity contribution < 1.29 is 13.9 Å². The smallest absolute Gasteiger partial charge is 0.259 e. The fourth-order valence-electron chi connectivity index (χ4n) is 3.68. The van der Waals surface area contributed by atoms with Gasteiger partial charge in [-0.3, -0.25) is 9.59 Å². The lowest BCUT2D eigenvalue weighted by atomic mass is 9.95. The van der Waals surface area contributed by atoms with Crippen LogP contribution in [-0.2, 0) is 16.1 Å². The molecule has 10 heteroatoms. The van der Waals surface area contributed by atoms with E-state index in [1.807, 2.05) is 0 Å². The number of pyridine rings is 1. The van der Waals surface area contributed by atoms with Crippen molar-refractivity contribution in [3.63, 3.8) is 0 Å². The number of halogens is 3. The van der Waals surface area contributed by atoms with Crippen molar-refractivity contribution in [2.45, 2.75) is 19.1 Å². The summed E-state index contributed by atoms with van der Waals surface area (Å²) in [6.45, 7) is 2.18. The summed E-state index contributed by atoms with van der Waals surface area (Å²) in [6.07, 6.45) is 1.45. The molecule has 1 amide bonds. The molecule has 0 spiro atoms. The first-order valence-electron chi connectivity index (χ1n) is 9.35.